The van der Waals surface area contributed by atoms with E-state index in [9.17, 15) is 17.6 Å². The number of hydrogen-bond acceptors (Lipinski definition) is 7. The van der Waals surface area contributed by atoms with Gasteiger partial charge in [-0.05, 0) is 78.9 Å². The first-order chi connectivity index (χ1) is 20.1. The van der Waals surface area contributed by atoms with Crippen LogP contribution in [0.1, 0.15) is 41.1 Å². The molecule has 0 spiro atoms. The summed E-state index contributed by atoms with van der Waals surface area (Å²) in [5.74, 6) is 1.08. The number of furan rings is 1. The van der Waals surface area contributed by atoms with Crippen molar-refractivity contribution in [2.75, 3.05) is 31.3 Å². The molecule has 0 bridgehead atoms. The predicted octanol–water partition coefficient (Wildman–Crippen LogP) is 6.52. The monoisotopic (exact) mass is 594 g/mol. The van der Waals surface area contributed by atoms with Crippen molar-refractivity contribution >= 4 is 32.6 Å². The van der Waals surface area contributed by atoms with E-state index in [-0.39, 0.29) is 36.4 Å². The molecule has 1 N–H and O–H groups in total. The summed E-state index contributed by atoms with van der Waals surface area (Å²) in [6, 6.07) is 16.2. The molecule has 1 saturated carbocycles. The van der Waals surface area contributed by atoms with Crippen LogP contribution < -0.4 is 14.4 Å². The van der Waals surface area contributed by atoms with Gasteiger partial charge >= 0.3 is 0 Å². The second-order valence-electron chi connectivity index (χ2n) is 10.0. The van der Waals surface area contributed by atoms with Crippen molar-refractivity contribution in [3.63, 3.8) is 0 Å². The highest BCUT2D eigenvalue weighted by atomic mass is 32.2. The third kappa shape index (κ3) is 6.27. The Morgan fingerprint density at radius 2 is 1.74 bits per heavy atom. The summed E-state index contributed by atoms with van der Waals surface area (Å²) in [5, 5.41) is 3.28. The maximum atomic E-state index is 13.2. The highest BCUT2D eigenvalue weighted by Gasteiger charge is 2.33. The minimum atomic E-state index is -3.69. The fourth-order valence-electron chi connectivity index (χ4n) is 4.80. The Balaban J connectivity index is 1.57. The largest absolute Gasteiger partial charge is 0.457 e. The predicted molar refractivity (Wildman–Crippen MR) is 158 cm³/mol. The minimum Gasteiger partial charge on any atom is -0.457 e. The number of hydrogen-bond donors (Lipinski definition) is 1. The Morgan fingerprint density at radius 1 is 1.10 bits per heavy atom. The van der Waals surface area contributed by atoms with Gasteiger partial charge in [0.15, 0.2) is 0 Å². The van der Waals surface area contributed by atoms with Crippen molar-refractivity contribution < 1.29 is 36.5 Å². The molecule has 3 aromatic carbocycles. The van der Waals surface area contributed by atoms with Gasteiger partial charge in [-0.3, -0.25) is 9.10 Å². The number of amides is 1. The molecule has 1 aliphatic carbocycles. The summed E-state index contributed by atoms with van der Waals surface area (Å²) < 4.78 is 52.5. The van der Waals surface area contributed by atoms with Crippen molar-refractivity contribution in [1.82, 2.24) is 5.32 Å². The van der Waals surface area contributed by atoms with E-state index in [1.807, 2.05) is 6.07 Å². The lowest BCUT2D eigenvalue weighted by molar-refractivity contribution is -0.238. The molecule has 1 amide bonds. The number of ether oxygens (including phenoxy) is 1. The average Bonchev–Trinajstić information content (AvgIpc) is 3.74. The van der Waals surface area contributed by atoms with Crippen molar-refractivity contribution in [2.45, 2.75) is 25.2 Å². The van der Waals surface area contributed by atoms with Gasteiger partial charge in [0, 0.05) is 37.0 Å². The van der Waals surface area contributed by atoms with Crippen LogP contribution in [0.5, 0.6) is 11.5 Å². The second-order valence-corrected chi connectivity index (χ2v) is 11.9. The number of halogens is 1. The van der Waals surface area contributed by atoms with Crippen LogP contribution in [0.15, 0.2) is 77.4 Å². The molecule has 1 fully saturated rings. The smallest absolute Gasteiger partial charge is 0.255 e. The molecular formula is C31H31FN2O7S. The number of carbonyl (C=O) groups excluding carboxylic acids is 1. The van der Waals surface area contributed by atoms with Crippen LogP contribution in [0, 0.1) is 5.82 Å². The van der Waals surface area contributed by atoms with E-state index >= 15 is 0 Å². The fraction of sp³-hybridized carbons (Fsp3) is 0.258. The van der Waals surface area contributed by atoms with Crippen molar-refractivity contribution in [3.05, 3.63) is 89.9 Å². The molecular weight excluding hydrogens is 563 g/mol. The Morgan fingerprint density at radius 3 is 2.31 bits per heavy atom. The van der Waals surface area contributed by atoms with E-state index in [1.165, 1.54) is 35.7 Å². The molecule has 42 heavy (non-hydrogen) atoms. The lowest BCUT2D eigenvalue weighted by atomic mass is 10.0. The number of nitrogens with zero attached hydrogens (tertiary/aromatic N) is 1. The number of anilines is 1. The SMILES string of the molecule is C=C(CCN(c1cc2oc(-c3ccc(Oc4ccc(F)cc4)cc3)c(C(=O)NC)c2cc1C1CC1)S(C)(=O)=O)OOC. The molecule has 1 heterocycles. The molecule has 1 aromatic heterocycles. The third-order valence-corrected chi connectivity index (χ3v) is 8.12. The average molecular weight is 595 g/mol. The number of sulfonamides is 1. The molecule has 0 aliphatic heterocycles. The number of nitrogens with one attached hydrogen (secondary N) is 1. The van der Waals surface area contributed by atoms with E-state index in [0.717, 1.165) is 24.7 Å². The normalized spacial score (nSPS) is 13.1. The van der Waals surface area contributed by atoms with Gasteiger partial charge in [-0.1, -0.05) is 6.58 Å². The number of carbonyl (C=O) groups is 1. The van der Waals surface area contributed by atoms with Crippen LogP contribution in [0.25, 0.3) is 22.3 Å². The number of benzene rings is 3. The Kier molecular flexibility index (Phi) is 8.24. The van der Waals surface area contributed by atoms with Crippen molar-refractivity contribution in [2.24, 2.45) is 0 Å². The first kappa shape index (κ1) is 29.2. The van der Waals surface area contributed by atoms with E-state index in [4.69, 9.17) is 14.0 Å². The third-order valence-electron chi connectivity index (χ3n) is 6.94. The zero-order valence-electron chi connectivity index (χ0n) is 23.5. The zero-order valence-corrected chi connectivity index (χ0v) is 24.3. The first-order valence-corrected chi connectivity index (χ1v) is 15.2. The standard InChI is InChI=1S/C31H31FN2O7S/c1-19(41-38-3)15-16-34(42(4,36)37)27-18-28-26(17-25(27)20-5-6-20)29(31(35)33-2)30(40-28)21-7-11-23(12-8-21)39-24-13-9-22(32)10-14-24/h7-14,17-18,20H,1,5-6,15-16H2,2-4H3,(H,33,35). The van der Waals surface area contributed by atoms with Crippen molar-refractivity contribution in [1.29, 1.82) is 0 Å². The van der Waals surface area contributed by atoms with Gasteiger partial charge in [-0.15, -0.1) is 0 Å². The summed E-state index contributed by atoms with van der Waals surface area (Å²) in [7, 11) is -0.802. The maximum Gasteiger partial charge on any atom is 0.255 e. The van der Waals surface area contributed by atoms with Gasteiger partial charge in [0.1, 0.15) is 34.4 Å². The van der Waals surface area contributed by atoms with Crippen LogP contribution in [-0.2, 0) is 19.8 Å². The molecule has 0 unspecified atom stereocenters. The molecule has 4 aromatic rings. The van der Waals surface area contributed by atoms with E-state index < -0.39 is 10.0 Å². The van der Waals surface area contributed by atoms with Gasteiger partial charge < -0.3 is 19.4 Å². The molecule has 0 saturated heterocycles. The maximum absolute atomic E-state index is 13.2. The Bertz CT molecular complexity index is 1730. The lowest BCUT2D eigenvalue weighted by Gasteiger charge is -2.25. The molecule has 11 heteroatoms. The summed E-state index contributed by atoms with van der Waals surface area (Å²) in [6.07, 6.45) is 3.17. The summed E-state index contributed by atoms with van der Waals surface area (Å²) >= 11 is 0. The Labute approximate surface area is 243 Å². The highest BCUT2D eigenvalue weighted by molar-refractivity contribution is 7.92. The van der Waals surface area contributed by atoms with Gasteiger partial charge in [0.05, 0.1) is 24.6 Å². The summed E-state index contributed by atoms with van der Waals surface area (Å²) in [5.41, 5.74) is 2.66. The summed E-state index contributed by atoms with van der Waals surface area (Å²) in [6.45, 7) is 3.85. The van der Waals surface area contributed by atoms with Crippen LogP contribution in [-0.4, -0.2) is 41.3 Å². The Hall–Kier alpha value is -4.35. The van der Waals surface area contributed by atoms with Gasteiger partial charge in [0.25, 0.3) is 5.91 Å². The molecule has 0 atom stereocenters. The highest BCUT2D eigenvalue weighted by Crippen LogP contribution is 2.48. The molecule has 5 rings (SSSR count). The topological polar surface area (TPSA) is 107 Å². The molecule has 220 valence electrons. The van der Waals surface area contributed by atoms with Crippen molar-refractivity contribution in [3.8, 4) is 22.8 Å². The molecule has 1 aliphatic rings. The van der Waals surface area contributed by atoms with Gasteiger partial charge in [0.2, 0.25) is 10.0 Å². The van der Waals surface area contributed by atoms with E-state index in [2.05, 4.69) is 16.8 Å². The number of rotatable bonds is 12. The van der Waals surface area contributed by atoms with E-state index in [0.29, 0.717) is 45.0 Å². The second kappa shape index (κ2) is 11.9. The van der Waals surface area contributed by atoms with Gasteiger partial charge in [-0.2, -0.15) is 4.89 Å². The zero-order chi connectivity index (χ0) is 30.0. The quantitative estimate of drug-likeness (QED) is 0.113. The fourth-order valence-corrected chi connectivity index (χ4v) is 5.74. The number of fused-ring (bicyclic) bond motifs is 1. The van der Waals surface area contributed by atoms with Crippen LogP contribution >= 0.6 is 0 Å². The summed E-state index contributed by atoms with van der Waals surface area (Å²) in [4.78, 5) is 22.8. The van der Waals surface area contributed by atoms with Crippen LogP contribution in [0.4, 0.5) is 10.1 Å². The van der Waals surface area contributed by atoms with E-state index in [1.54, 1.807) is 37.4 Å². The molecule has 0 radical (unpaired) electrons. The lowest BCUT2D eigenvalue weighted by Crippen LogP contribution is -2.32. The first-order valence-electron chi connectivity index (χ1n) is 13.3. The van der Waals surface area contributed by atoms with Gasteiger partial charge in [-0.25, -0.2) is 12.8 Å². The molecule has 9 nitrogen and oxygen atoms in total. The van der Waals surface area contributed by atoms with Crippen LogP contribution in [0.3, 0.4) is 0 Å². The van der Waals surface area contributed by atoms with Crippen LogP contribution in [0.2, 0.25) is 0 Å². The minimum absolute atomic E-state index is 0.0810.